The number of halogens is 2. The van der Waals surface area contributed by atoms with E-state index in [1.807, 2.05) is 36.4 Å². The summed E-state index contributed by atoms with van der Waals surface area (Å²) in [5.41, 5.74) is 2.03. The van der Waals surface area contributed by atoms with Crippen LogP contribution in [0.5, 0.6) is 0 Å². The van der Waals surface area contributed by atoms with Crippen molar-refractivity contribution in [3.63, 3.8) is 0 Å². The average molecular weight is 486 g/mol. The number of imide groups is 1. The molecule has 33 heavy (non-hydrogen) atoms. The normalized spacial score (nSPS) is 13.9. The summed E-state index contributed by atoms with van der Waals surface area (Å²) >= 11 is 12.0. The molecule has 9 heteroatoms. The number of hydrogen-bond donors (Lipinski definition) is 0. The van der Waals surface area contributed by atoms with Crippen molar-refractivity contribution in [1.29, 1.82) is 0 Å². The van der Waals surface area contributed by atoms with Crippen molar-refractivity contribution in [2.45, 2.75) is 25.8 Å². The molecule has 3 aromatic rings. The number of likely N-dealkylation sites (N-methyl/N-ethyl adjacent to an activating group) is 1. The molecular weight excluding hydrogens is 465 g/mol. The maximum Gasteiger partial charge on any atom is 0.262 e. The zero-order valence-electron chi connectivity index (χ0n) is 18.0. The number of hydrogen-bond acceptors (Lipinski definition) is 5. The Morgan fingerprint density at radius 2 is 1.67 bits per heavy atom. The third kappa shape index (κ3) is 4.51. The summed E-state index contributed by atoms with van der Waals surface area (Å²) in [7, 11) is 1.64. The van der Waals surface area contributed by atoms with E-state index in [1.165, 1.54) is 24.0 Å². The van der Waals surface area contributed by atoms with Crippen LogP contribution >= 0.6 is 23.2 Å². The van der Waals surface area contributed by atoms with Gasteiger partial charge in [0.25, 0.3) is 11.8 Å². The highest BCUT2D eigenvalue weighted by atomic mass is 35.5. The van der Waals surface area contributed by atoms with E-state index in [-0.39, 0.29) is 27.1 Å². The average Bonchev–Trinajstić information content (AvgIpc) is 3.37. The first-order valence-corrected chi connectivity index (χ1v) is 11.2. The number of fused-ring (bicyclic) bond motifs is 1. The van der Waals surface area contributed by atoms with Crippen molar-refractivity contribution in [3.05, 3.63) is 75.5 Å². The van der Waals surface area contributed by atoms with Gasteiger partial charge >= 0.3 is 0 Å². The summed E-state index contributed by atoms with van der Waals surface area (Å²) in [6.07, 6.45) is 1.22. The molecule has 0 bridgehead atoms. The zero-order valence-corrected chi connectivity index (χ0v) is 19.6. The lowest BCUT2D eigenvalue weighted by molar-refractivity contribution is -0.133. The van der Waals surface area contributed by atoms with Crippen molar-refractivity contribution in [1.82, 2.24) is 15.0 Å². The Balaban J connectivity index is 1.35. The van der Waals surface area contributed by atoms with Gasteiger partial charge in [0.15, 0.2) is 0 Å². The predicted octanol–water partition coefficient (Wildman–Crippen LogP) is 4.72. The van der Waals surface area contributed by atoms with Crippen LogP contribution in [0.2, 0.25) is 10.0 Å². The molecule has 1 aliphatic heterocycles. The Labute approximate surface area is 200 Å². The van der Waals surface area contributed by atoms with Gasteiger partial charge in [0, 0.05) is 31.6 Å². The molecule has 1 aliphatic rings. The number of rotatable bonds is 7. The van der Waals surface area contributed by atoms with E-state index in [0.29, 0.717) is 19.4 Å². The first kappa shape index (κ1) is 23.0. The smallest absolute Gasteiger partial charge is 0.262 e. The second-order valence-electron chi connectivity index (χ2n) is 7.88. The van der Waals surface area contributed by atoms with Gasteiger partial charge in [0.1, 0.15) is 17.5 Å². The molecule has 3 amide bonds. The number of nitrogens with zero attached hydrogens (tertiary/aromatic N) is 3. The van der Waals surface area contributed by atoms with Crippen LogP contribution in [0.1, 0.15) is 39.8 Å². The Hall–Kier alpha value is -3.16. The Bertz CT molecular complexity index is 1180. The third-order valence-electron chi connectivity index (χ3n) is 5.62. The highest BCUT2D eigenvalue weighted by Gasteiger charge is 2.42. The summed E-state index contributed by atoms with van der Waals surface area (Å²) in [5, 5.41) is 4.45. The second-order valence-corrected chi connectivity index (χ2v) is 8.69. The fourth-order valence-corrected chi connectivity index (χ4v) is 4.14. The van der Waals surface area contributed by atoms with E-state index in [0.717, 1.165) is 21.9 Å². The molecule has 7 nitrogen and oxygen atoms in total. The molecule has 1 aromatic heterocycles. The minimum absolute atomic E-state index is 0.149. The lowest BCUT2D eigenvalue weighted by Crippen LogP contribution is -2.48. The first-order valence-electron chi connectivity index (χ1n) is 10.4. The third-order valence-corrected chi connectivity index (χ3v) is 6.35. The first-order chi connectivity index (χ1) is 15.8. The van der Waals surface area contributed by atoms with E-state index in [2.05, 4.69) is 5.16 Å². The fourth-order valence-electron chi connectivity index (χ4n) is 3.81. The Morgan fingerprint density at radius 1 is 1.06 bits per heavy atom. The molecule has 2 heterocycles. The molecule has 0 fully saturated rings. The summed E-state index contributed by atoms with van der Waals surface area (Å²) in [4.78, 5) is 40.9. The van der Waals surface area contributed by atoms with Gasteiger partial charge in [-0.25, -0.2) is 0 Å². The molecule has 0 saturated carbocycles. The van der Waals surface area contributed by atoms with Gasteiger partial charge in [-0.05, 0) is 25.5 Å². The standard InChI is InChI=1S/C24H21Cl2N3O4/c1-14(29-23(31)17-12-19(25)20(26)13-18(17)24(29)32)22(30)28(2)10-6-9-16-11-21(27-33-16)15-7-4-3-5-8-15/h3-5,7-8,11-14H,6,9-10H2,1-2H3. The van der Waals surface area contributed by atoms with Crippen molar-refractivity contribution in [2.75, 3.05) is 13.6 Å². The fraction of sp³-hybridized carbons (Fsp3) is 0.250. The van der Waals surface area contributed by atoms with Gasteiger partial charge in [-0.3, -0.25) is 19.3 Å². The number of carbonyl (C=O) groups is 3. The maximum atomic E-state index is 12.9. The number of carbonyl (C=O) groups excluding carboxylic acids is 3. The van der Waals surface area contributed by atoms with Crippen LogP contribution in [0, 0.1) is 0 Å². The topological polar surface area (TPSA) is 83.7 Å². The molecule has 2 aromatic carbocycles. The van der Waals surface area contributed by atoms with Crippen molar-refractivity contribution < 1.29 is 18.9 Å². The monoisotopic (exact) mass is 485 g/mol. The SMILES string of the molecule is CC(C(=O)N(C)CCCc1cc(-c2ccccc2)no1)N1C(=O)c2cc(Cl)c(Cl)cc2C1=O. The number of aryl methyl sites for hydroxylation is 1. The minimum Gasteiger partial charge on any atom is -0.361 e. The summed E-state index contributed by atoms with van der Waals surface area (Å²) in [6, 6.07) is 13.4. The lowest BCUT2D eigenvalue weighted by atomic mass is 10.1. The van der Waals surface area contributed by atoms with Crippen molar-refractivity contribution >= 4 is 40.9 Å². The number of aromatic nitrogens is 1. The van der Waals surface area contributed by atoms with Crippen LogP contribution in [0.3, 0.4) is 0 Å². The molecule has 0 aliphatic carbocycles. The van der Waals surface area contributed by atoms with Crippen LogP contribution < -0.4 is 0 Å². The lowest BCUT2D eigenvalue weighted by Gasteiger charge is -2.26. The van der Waals surface area contributed by atoms with Gasteiger partial charge in [0.05, 0.1) is 21.2 Å². The van der Waals surface area contributed by atoms with E-state index in [4.69, 9.17) is 27.7 Å². The summed E-state index contributed by atoms with van der Waals surface area (Å²) in [5.74, 6) is -0.739. The van der Waals surface area contributed by atoms with Crippen molar-refractivity contribution in [3.8, 4) is 11.3 Å². The molecule has 1 atom stereocenters. The van der Waals surface area contributed by atoms with Crippen LogP contribution in [0.25, 0.3) is 11.3 Å². The van der Waals surface area contributed by atoms with Gasteiger partial charge in [-0.15, -0.1) is 0 Å². The zero-order chi connectivity index (χ0) is 23.7. The van der Waals surface area contributed by atoms with Crippen LogP contribution in [-0.2, 0) is 11.2 Å². The molecule has 0 N–H and O–H groups in total. The van der Waals surface area contributed by atoms with E-state index in [9.17, 15) is 14.4 Å². The molecule has 0 radical (unpaired) electrons. The Morgan fingerprint density at radius 3 is 2.27 bits per heavy atom. The second kappa shape index (κ2) is 9.37. The van der Waals surface area contributed by atoms with Crippen LogP contribution in [0.15, 0.2) is 53.1 Å². The number of benzene rings is 2. The van der Waals surface area contributed by atoms with E-state index < -0.39 is 17.9 Å². The van der Waals surface area contributed by atoms with E-state index >= 15 is 0 Å². The minimum atomic E-state index is -0.963. The van der Waals surface area contributed by atoms with Gasteiger partial charge in [-0.2, -0.15) is 0 Å². The Kier molecular flexibility index (Phi) is 6.54. The predicted molar refractivity (Wildman–Crippen MR) is 124 cm³/mol. The van der Waals surface area contributed by atoms with Gasteiger partial charge < -0.3 is 9.42 Å². The highest BCUT2D eigenvalue weighted by molar-refractivity contribution is 6.43. The quantitative estimate of drug-likeness (QED) is 0.451. The van der Waals surface area contributed by atoms with Crippen LogP contribution in [0.4, 0.5) is 0 Å². The highest BCUT2D eigenvalue weighted by Crippen LogP contribution is 2.32. The largest absolute Gasteiger partial charge is 0.361 e. The number of amides is 3. The molecule has 170 valence electrons. The summed E-state index contributed by atoms with van der Waals surface area (Å²) < 4.78 is 5.40. The van der Waals surface area contributed by atoms with Gasteiger partial charge in [-0.1, -0.05) is 58.7 Å². The molecule has 4 rings (SSSR count). The van der Waals surface area contributed by atoms with Crippen LogP contribution in [-0.4, -0.2) is 52.3 Å². The molecule has 1 unspecified atom stereocenters. The van der Waals surface area contributed by atoms with E-state index in [1.54, 1.807) is 7.05 Å². The van der Waals surface area contributed by atoms with Crippen molar-refractivity contribution in [2.24, 2.45) is 0 Å². The maximum absolute atomic E-state index is 12.9. The molecular formula is C24H21Cl2N3O4. The summed E-state index contributed by atoms with van der Waals surface area (Å²) in [6.45, 7) is 1.96. The van der Waals surface area contributed by atoms with Gasteiger partial charge in [0.2, 0.25) is 5.91 Å². The molecule has 0 saturated heterocycles. The molecule has 0 spiro atoms.